The SMILES string of the molecule is Cc1ccc(N2CCN(C3CCCN(Cc4ccc(C)c(F)c4)C3=O)CC2)nc1. The summed E-state index contributed by atoms with van der Waals surface area (Å²) in [6.45, 7) is 8.51. The fourth-order valence-electron chi connectivity index (χ4n) is 4.28. The van der Waals surface area contributed by atoms with Crippen molar-refractivity contribution in [3.63, 3.8) is 0 Å². The van der Waals surface area contributed by atoms with E-state index in [1.54, 1.807) is 19.1 Å². The number of halogens is 1. The van der Waals surface area contributed by atoms with Gasteiger partial charge in [-0.3, -0.25) is 9.69 Å². The van der Waals surface area contributed by atoms with Crippen LogP contribution in [0.3, 0.4) is 0 Å². The number of piperidine rings is 1. The fourth-order valence-corrected chi connectivity index (χ4v) is 4.28. The van der Waals surface area contributed by atoms with Crippen LogP contribution in [0.25, 0.3) is 0 Å². The number of anilines is 1. The quantitative estimate of drug-likeness (QED) is 0.796. The number of aryl methyl sites for hydroxylation is 2. The van der Waals surface area contributed by atoms with E-state index in [9.17, 15) is 9.18 Å². The van der Waals surface area contributed by atoms with E-state index in [0.29, 0.717) is 12.1 Å². The van der Waals surface area contributed by atoms with E-state index in [2.05, 4.69) is 26.9 Å². The van der Waals surface area contributed by atoms with Crippen LogP contribution in [0.1, 0.15) is 29.5 Å². The molecule has 0 spiro atoms. The number of piperazine rings is 1. The summed E-state index contributed by atoms with van der Waals surface area (Å²) in [5.74, 6) is 0.983. The second-order valence-electron chi connectivity index (χ2n) is 8.22. The van der Waals surface area contributed by atoms with E-state index in [1.807, 2.05) is 24.1 Å². The summed E-state index contributed by atoms with van der Waals surface area (Å²) in [5, 5.41) is 0. The van der Waals surface area contributed by atoms with Gasteiger partial charge in [-0.1, -0.05) is 18.2 Å². The highest BCUT2D eigenvalue weighted by Gasteiger charge is 2.34. The summed E-state index contributed by atoms with van der Waals surface area (Å²) >= 11 is 0. The monoisotopic (exact) mass is 396 g/mol. The van der Waals surface area contributed by atoms with E-state index < -0.39 is 0 Å². The van der Waals surface area contributed by atoms with Gasteiger partial charge in [0.2, 0.25) is 5.91 Å². The highest BCUT2D eigenvalue weighted by Crippen LogP contribution is 2.23. The molecule has 2 aliphatic heterocycles. The Kier molecular flexibility index (Phi) is 5.81. The van der Waals surface area contributed by atoms with E-state index in [0.717, 1.165) is 62.5 Å². The molecule has 1 atom stereocenters. The Bertz CT molecular complexity index is 862. The molecule has 2 saturated heterocycles. The highest BCUT2D eigenvalue weighted by atomic mass is 19.1. The van der Waals surface area contributed by atoms with Crippen LogP contribution in [0.15, 0.2) is 36.5 Å². The number of amides is 1. The molecule has 29 heavy (non-hydrogen) atoms. The Morgan fingerprint density at radius 1 is 1.07 bits per heavy atom. The van der Waals surface area contributed by atoms with Crippen LogP contribution in [0, 0.1) is 19.7 Å². The minimum atomic E-state index is -0.204. The van der Waals surface area contributed by atoms with Crippen LogP contribution in [0.4, 0.5) is 10.2 Å². The lowest BCUT2D eigenvalue weighted by molar-refractivity contribution is -0.141. The molecule has 5 nitrogen and oxygen atoms in total. The molecule has 2 fully saturated rings. The molecule has 3 heterocycles. The Morgan fingerprint density at radius 2 is 1.86 bits per heavy atom. The average Bonchev–Trinajstić information content (AvgIpc) is 2.73. The molecule has 0 radical (unpaired) electrons. The molecule has 0 aliphatic carbocycles. The van der Waals surface area contributed by atoms with E-state index in [1.165, 1.54) is 0 Å². The molecular formula is C23H29FN4O. The molecule has 1 unspecified atom stereocenters. The van der Waals surface area contributed by atoms with Crippen molar-refractivity contribution in [3.8, 4) is 0 Å². The van der Waals surface area contributed by atoms with Gasteiger partial charge in [0.25, 0.3) is 0 Å². The minimum Gasteiger partial charge on any atom is -0.354 e. The number of carbonyl (C=O) groups is 1. The zero-order chi connectivity index (χ0) is 20.4. The Labute approximate surface area is 172 Å². The van der Waals surface area contributed by atoms with Crippen molar-refractivity contribution < 1.29 is 9.18 Å². The standard InChI is InChI=1S/C23H29FN4O/c1-17-5-8-22(25-15-17)27-12-10-26(11-13-27)21-4-3-9-28(23(21)29)16-19-7-6-18(2)20(24)14-19/h5-8,14-15,21H,3-4,9-13,16H2,1-2H3. The molecule has 154 valence electrons. The molecule has 0 saturated carbocycles. The van der Waals surface area contributed by atoms with Crippen LogP contribution < -0.4 is 4.90 Å². The second-order valence-corrected chi connectivity index (χ2v) is 8.22. The smallest absolute Gasteiger partial charge is 0.240 e. The van der Waals surface area contributed by atoms with Gasteiger partial charge in [-0.15, -0.1) is 0 Å². The van der Waals surface area contributed by atoms with Gasteiger partial charge in [0.1, 0.15) is 11.6 Å². The highest BCUT2D eigenvalue weighted by molar-refractivity contribution is 5.82. The Hall–Kier alpha value is -2.47. The number of hydrogen-bond donors (Lipinski definition) is 0. The van der Waals surface area contributed by atoms with E-state index in [-0.39, 0.29) is 17.8 Å². The summed E-state index contributed by atoms with van der Waals surface area (Å²) in [5.41, 5.74) is 2.66. The Balaban J connectivity index is 1.37. The van der Waals surface area contributed by atoms with Gasteiger partial charge in [-0.25, -0.2) is 9.37 Å². The fraction of sp³-hybridized carbons (Fsp3) is 0.478. The van der Waals surface area contributed by atoms with Gasteiger partial charge >= 0.3 is 0 Å². The number of benzene rings is 1. The third-order valence-electron chi connectivity index (χ3n) is 6.09. The van der Waals surface area contributed by atoms with Crippen molar-refractivity contribution in [2.75, 3.05) is 37.6 Å². The van der Waals surface area contributed by atoms with E-state index >= 15 is 0 Å². The molecular weight excluding hydrogens is 367 g/mol. The summed E-state index contributed by atoms with van der Waals surface area (Å²) < 4.78 is 13.9. The molecule has 0 bridgehead atoms. The minimum absolute atomic E-state index is 0.0628. The van der Waals surface area contributed by atoms with Gasteiger partial charge in [0.15, 0.2) is 0 Å². The van der Waals surface area contributed by atoms with Crippen LogP contribution in [0.2, 0.25) is 0 Å². The summed E-state index contributed by atoms with van der Waals surface area (Å²) in [6.07, 6.45) is 3.79. The maximum absolute atomic E-state index is 13.9. The van der Waals surface area contributed by atoms with Gasteiger partial charge in [0, 0.05) is 45.5 Å². The van der Waals surface area contributed by atoms with Crippen LogP contribution in [0.5, 0.6) is 0 Å². The lowest BCUT2D eigenvalue weighted by atomic mass is 10.0. The summed E-state index contributed by atoms with van der Waals surface area (Å²) in [4.78, 5) is 24.2. The van der Waals surface area contributed by atoms with Crippen molar-refractivity contribution in [2.24, 2.45) is 0 Å². The first-order valence-corrected chi connectivity index (χ1v) is 10.5. The zero-order valence-corrected chi connectivity index (χ0v) is 17.3. The van der Waals surface area contributed by atoms with Crippen molar-refractivity contribution in [2.45, 2.75) is 39.3 Å². The molecule has 1 amide bonds. The summed E-state index contributed by atoms with van der Waals surface area (Å²) in [6, 6.07) is 9.36. The first-order chi connectivity index (χ1) is 14.0. The molecule has 6 heteroatoms. The maximum Gasteiger partial charge on any atom is 0.240 e. The number of hydrogen-bond acceptors (Lipinski definition) is 4. The Morgan fingerprint density at radius 3 is 2.55 bits per heavy atom. The number of aromatic nitrogens is 1. The first-order valence-electron chi connectivity index (χ1n) is 10.5. The largest absolute Gasteiger partial charge is 0.354 e. The van der Waals surface area contributed by atoms with Crippen molar-refractivity contribution >= 4 is 11.7 Å². The lowest BCUT2D eigenvalue weighted by Crippen LogP contribution is -2.57. The normalized spacial score (nSPS) is 20.9. The maximum atomic E-state index is 13.9. The molecule has 0 N–H and O–H groups in total. The number of likely N-dealkylation sites (tertiary alicyclic amines) is 1. The second kappa shape index (κ2) is 8.49. The molecule has 2 aromatic rings. The van der Waals surface area contributed by atoms with Gasteiger partial charge in [-0.05, 0) is 55.5 Å². The van der Waals surface area contributed by atoms with E-state index in [4.69, 9.17) is 0 Å². The molecule has 1 aromatic heterocycles. The predicted octanol–water partition coefficient (Wildman–Crippen LogP) is 3.15. The topological polar surface area (TPSA) is 39.7 Å². The molecule has 4 rings (SSSR count). The van der Waals surface area contributed by atoms with Crippen LogP contribution >= 0.6 is 0 Å². The third-order valence-corrected chi connectivity index (χ3v) is 6.09. The molecule has 2 aliphatic rings. The van der Waals surface area contributed by atoms with Gasteiger partial charge in [0.05, 0.1) is 6.04 Å². The van der Waals surface area contributed by atoms with Gasteiger partial charge < -0.3 is 9.80 Å². The number of pyridine rings is 1. The first kappa shape index (κ1) is 19.8. The lowest BCUT2D eigenvalue weighted by Gasteiger charge is -2.42. The van der Waals surface area contributed by atoms with Crippen molar-refractivity contribution in [3.05, 3.63) is 59.0 Å². The number of carbonyl (C=O) groups excluding carboxylic acids is 1. The van der Waals surface area contributed by atoms with Crippen LogP contribution in [-0.2, 0) is 11.3 Å². The van der Waals surface area contributed by atoms with Gasteiger partial charge in [-0.2, -0.15) is 0 Å². The summed E-state index contributed by atoms with van der Waals surface area (Å²) in [7, 11) is 0. The number of nitrogens with zero attached hydrogens (tertiary/aromatic N) is 4. The van der Waals surface area contributed by atoms with Crippen LogP contribution in [-0.4, -0.2) is 59.5 Å². The van der Waals surface area contributed by atoms with Crippen molar-refractivity contribution in [1.82, 2.24) is 14.8 Å². The number of rotatable bonds is 4. The average molecular weight is 397 g/mol. The van der Waals surface area contributed by atoms with Crippen molar-refractivity contribution in [1.29, 1.82) is 0 Å². The predicted molar refractivity (Wildman–Crippen MR) is 112 cm³/mol. The molecule has 1 aromatic carbocycles. The zero-order valence-electron chi connectivity index (χ0n) is 17.3. The third kappa shape index (κ3) is 4.42.